The largest absolute Gasteiger partial charge is 0.282 e. The Hall–Kier alpha value is 0.622. The van der Waals surface area contributed by atoms with Gasteiger partial charge in [0.05, 0.1) is 0 Å². The molecule has 0 spiro atoms. The summed E-state index contributed by atoms with van der Waals surface area (Å²) < 4.78 is 0. The van der Waals surface area contributed by atoms with Crippen LogP contribution in [0.25, 0.3) is 0 Å². The first-order chi connectivity index (χ1) is 1.73. The molecule has 34 valence electrons. The summed E-state index contributed by atoms with van der Waals surface area (Å²) in [6.45, 7) is 1.29. The predicted molar refractivity (Wildman–Crippen MR) is 16.5 cm³/mol. The SMILES string of the molecule is CC(=O)Cl.[Pd]. The Balaban J connectivity index is 0. The maximum Gasteiger partial charge on any atom is 0.218 e. The second-order valence-corrected chi connectivity index (χ2v) is 1.00. The molecular weight excluding hydrogens is 182 g/mol. The molecule has 0 unspecified atom stereocenters. The van der Waals surface area contributed by atoms with Crippen molar-refractivity contribution in [1.29, 1.82) is 0 Å². The van der Waals surface area contributed by atoms with Gasteiger partial charge in [0.15, 0.2) is 0 Å². The zero-order valence-electron chi connectivity index (χ0n) is 2.60. The van der Waals surface area contributed by atoms with Crippen LogP contribution in [-0.2, 0) is 25.2 Å². The fraction of sp³-hybridized carbons (Fsp3) is 0.500. The van der Waals surface area contributed by atoms with E-state index in [0.29, 0.717) is 0 Å². The van der Waals surface area contributed by atoms with E-state index in [1.54, 1.807) is 0 Å². The summed E-state index contributed by atoms with van der Waals surface area (Å²) in [6.07, 6.45) is 0. The zero-order chi connectivity index (χ0) is 3.58. The first kappa shape index (κ1) is 9.16. The summed E-state index contributed by atoms with van der Waals surface area (Å²) in [6, 6.07) is 0. The van der Waals surface area contributed by atoms with Gasteiger partial charge in [-0.1, -0.05) is 0 Å². The third-order valence-corrected chi connectivity index (χ3v) is 0. The van der Waals surface area contributed by atoms with E-state index in [2.05, 4.69) is 11.6 Å². The van der Waals surface area contributed by atoms with Crippen LogP contribution < -0.4 is 0 Å². The van der Waals surface area contributed by atoms with Crippen molar-refractivity contribution in [2.24, 2.45) is 0 Å². The van der Waals surface area contributed by atoms with Gasteiger partial charge in [0, 0.05) is 27.3 Å². The van der Waals surface area contributed by atoms with E-state index in [-0.39, 0.29) is 25.7 Å². The van der Waals surface area contributed by atoms with Crippen LogP contribution in [0, 0.1) is 0 Å². The smallest absolute Gasteiger partial charge is 0.218 e. The molecule has 0 aromatic carbocycles. The minimum Gasteiger partial charge on any atom is -0.282 e. The van der Waals surface area contributed by atoms with Gasteiger partial charge in [0.2, 0.25) is 5.24 Å². The van der Waals surface area contributed by atoms with Crippen LogP contribution in [0.1, 0.15) is 6.92 Å². The van der Waals surface area contributed by atoms with Gasteiger partial charge >= 0.3 is 0 Å². The van der Waals surface area contributed by atoms with Crippen LogP contribution in [0.5, 0.6) is 0 Å². The van der Waals surface area contributed by atoms with Gasteiger partial charge in [0.25, 0.3) is 0 Å². The third kappa shape index (κ3) is 82.1. The maximum absolute atomic E-state index is 9.21. The van der Waals surface area contributed by atoms with Crippen molar-refractivity contribution in [3.8, 4) is 0 Å². The average Bonchev–Trinajstić information content (AvgIpc) is 0.811. The number of hydrogen-bond acceptors (Lipinski definition) is 1. The van der Waals surface area contributed by atoms with Crippen molar-refractivity contribution in [1.82, 2.24) is 0 Å². The van der Waals surface area contributed by atoms with Gasteiger partial charge in [-0.25, -0.2) is 0 Å². The van der Waals surface area contributed by atoms with Crippen molar-refractivity contribution < 1.29 is 25.2 Å². The summed E-state index contributed by atoms with van der Waals surface area (Å²) in [7, 11) is 0. The molecule has 1 nitrogen and oxygen atoms in total. The normalized spacial score (nSPS) is 5.20. The van der Waals surface area contributed by atoms with E-state index in [0.717, 1.165) is 0 Å². The second-order valence-electron chi connectivity index (χ2n) is 0.470. The molecule has 0 heterocycles. The molecule has 0 aromatic heterocycles. The first-order valence-corrected chi connectivity index (χ1v) is 1.27. The summed E-state index contributed by atoms with van der Waals surface area (Å²) in [5, 5.41) is -0.361. The molecule has 0 aliphatic heterocycles. The molecule has 0 atom stereocenters. The van der Waals surface area contributed by atoms with Gasteiger partial charge in [-0.15, -0.1) is 0 Å². The Labute approximate surface area is 49.3 Å². The van der Waals surface area contributed by atoms with Crippen LogP contribution in [0.4, 0.5) is 0 Å². The Kier molecular flexibility index (Phi) is 8.46. The molecule has 0 saturated carbocycles. The van der Waals surface area contributed by atoms with Crippen LogP contribution >= 0.6 is 11.6 Å². The van der Waals surface area contributed by atoms with E-state index in [1.165, 1.54) is 6.92 Å². The van der Waals surface area contributed by atoms with E-state index in [1.807, 2.05) is 0 Å². The molecule has 3 heteroatoms. The van der Waals surface area contributed by atoms with Crippen molar-refractivity contribution in [3.05, 3.63) is 0 Å². The van der Waals surface area contributed by atoms with E-state index in [9.17, 15) is 4.79 Å². The summed E-state index contributed by atoms with van der Waals surface area (Å²) in [5.41, 5.74) is 0. The van der Waals surface area contributed by atoms with Gasteiger partial charge in [0.1, 0.15) is 0 Å². The molecule has 0 saturated heterocycles. The van der Waals surface area contributed by atoms with Gasteiger partial charge < -0.3 is 0 Å². The summed E-state index contributed by atoms with van der Waals surface area (Å²) in [4.78, 5) is 9.21. The molecule has 0 rings (SSSR count). The topological polar surface area (TPSA) is 17.1 Å². The molecule has 0 radical (unpaired) electrons. The zero-order valence-corrected chi connectivity index (χ0v) is 4.91. The van der Waals surface area contributed by atoms with Crippen LogP contribution in [0.2, 0.25) is 0 Å². The van der Waals surface area contributed by atoms with E-state index in [4.69, 9.17) is 0 Å². The van der Waals surface area contributed by atoms with Crippen molar-refractivity contribution >= 4 is 16.8 Å². The average molecular weight is 185 g/mol. The molecule has 0 aliphatic rings. The van der Waals surface area contributed by atoms with Gasteiger partial charge in [-0.05, 0) is 11.6 Å². The quantitative estimate of drug-likeness (QED) is 0.402. The number of halogens is 1. The number of rotatable bonds is 0. The standard InChI is InChI=1S/C2H3ClO.Pd/c1-2(3)4;/h1H3;. The summed E-state index contributed by atoms with van der Waals surface area (Å²) >= 11 is 4.64. The van der Waals surface area contributed by atoms with Crippen LogP contribution in [0.3, 0.4) is 0 Å². The minimum absolute atomic E-state index is 0. The summed E-state index contributed by atoms with van der Waals surface area (Å²) in [5.74, 6) is 0. The van der Waals surface area contributed by atoms with Crippen molar-refractivity contribution in [2.75, 3.05) is 0 Å². The molecule has 0 bridgehead atoms. The molecular formula is C2H3ClOPd. The fourth-order valence-corrected chi connectivity index (χ4v) is 0. The Morgan fingerprint density at radius 3 is 1.80 bits per heavy atom. The molecule has 0 fully saturated rings. The minimum atomic E-state index is -0.361. The Morgan fingerprint density at radius 1 is 1.80 bits per heavy atom. The molecule has 0 N–H and O–H groups in total. The van der Waals surface area contributed by atoms with Gasteiger partial charge in [-0.3, -0.25) is 4.79 Å². The number of carbonyl (C=O) groups excluding carboxylic acids is 1. The Bertz CT molecular complexity index is 32.6. The van der Waals surface area contributed by atoms with Crippen molar-refractivity contribution in [3.63, 3.8) is 0 Å². The molecule has 0 amide bonds. The number of hydrogen-bond donors (Lipinski definition) is 0. The Morgan fingerprint density at radius 2 is 1.80 bits per heavy atom. The number of carbonyl (C=O) groups is 1. The van der Waals surface area contributed by atoms with Crippen LogP contribution in [0.15, 0.2) is 0 Å². The second kappa shape index (κ2) is 4.62. The van der Waals surface area contributed by atoms with Gasteiger partial charge in [-0.2, -0.15) is 0 Å². The van der Waals surface area contributed by atoms with Crippen LogP contribution in [-0.4, -0.2) is 5.24 Å². The maximum atomic E-state index is 9.21. The van der Waals surface area contributed by atoms with E-state index >= 15 is 0 Å². The third-order valence-electron chi connectivity index (χ3n) is 0. The van der Waals surface area contributed by atoms with E-state index < -0.39 is 0 Å². The molecule has 0 aliphatic carbocycles. The first-order valence-electron chi connectivity index (χ1n) is 0.893. The molecule has 0 aromatic rings. The van der Waals surface area contributed by atoms with Crippen molar-refractivity contribution in [2.45, 2.75) is 6.92 Å². The monoisotopic (exact) mass is 184 g/mol. The molecule has 5 heavy (non-hydrogen) atoms. The predicted octanol–water partition coefficient (Wildman–Crippen LogP) is 0.769. The fourth-order valence-electron chi connectivity index (χ4n) is 0.